The number of aryl methyl sites for hydroxylation is 1. The molecular weight excluding hydrogens is 318 g/mol. The molecule has 0 aliphatic carbocycles. The van der Waals surface area contributed by atoms with Gasteiger partial charge in [-0.3, -0.25) is 0 Å². The minimum atomic E-state index is -0.178. The van der Waals surface area contributed by atoms with Gasteiger partial charge in [-0.05, 0) is 31.2 Å². The highest BCUT2D eigenvalue weighted by atomic mass is 16.5. The predicted molar refractivity (Wildman–Crippen MR) is 97.9 cm³/mol. The predicted octanol–water partition coefficient (Wildman–Crippen LogP) is 1.65. The van der Waals surface area contributed by atoms with E-state index >= 15 is 0 Å². The summed E-state index contributed by atoms with van der Waals surface area (Å²) in [7, 11) is 2.92. The summed E-state index contributed by atoms with van der Waals surface area (Å²) >= 11 is 0. The molecule has 1 aromatic heterocycles. The van der Waals surface area contributed by atoms with E-state index in [1.165, 1.54) is 14.1 Å². The van der Waals surface area contributed by atoms with E-state index < -0.39 is 0 Å². The first-order valence-corrected chi connectivity index (χ1v) is 8.02. The molecule has 2 aromatic carbocycles. The molecule has 130 valence electrons. The number of hydrogen-bond acceptors (Lipinski definition) is 3. The minimum absolute atomic E-state index is 0.144. The molecule has 0 saturated heterocycles. The van der Waals surface area contributed by atoms with Crippen molar-refractivity contribution in [2.75, 3.05) is 14.1 Å². The van der Waals surface area contributed by atoms with E-state index in [1.54, 1.807) is 24.3 Å². The highest BCUT2D eigenvalue weighted by Gasteiger charge is 2.27. The fourth-order valence-electron chi connectivity index (χ4n) is 2.99. The number of aromatic nitrogens is 1. The van der Waals surface area contributed by atoms with Crippen molar-refractivity contribution in [3.63, 3.8) is 0 Å². The van der Waals surface area contributed by atoms with E-state index in [4.69, 9.17) is 0 Å². The maximum absolute atomic E-state index is 12.3. The number of benzene rings is 2. The van der Waals surface area contributed by atoms with Crippen LogP contribution in [-0.4, -0.2) is 24.2 Å². The van der Waals surface area contributed by atoms with Gasteiger partial charge in [0.1, 0.15) is 17.1 Å². The van der Waals surface area contributed by atoms with Crippen LogP contribution < -0.4 is 10.1 Å². The molecule has 3 aromatic rings. The van der Waals surface area contributed by atoms with Crippen molar-refractivity contribution in [1.29, 1.82) is 0 Å². The Balaban J connectivity index is 2.27. The highest BCUT2D eigenvalue weighted by molar-refractivity contribution is 5.87. The largest absolute Gasteiger partial charge is 0.629 e. The molecule has 0 spiro atoms. The Morgan fingerprint density at radius 2 is 1.16 bits per heavy atom. The fourth-order valence-corrected chi connectivity index (χ4v) is 2.99. The molecule has 6 heteroatoms. The van der Waals surface area contributed by atoms with E-state index in [0.29, 0.717) is 22.8 Å². The van der Waals surface area contributed by atoms with Crippen LogP contribution in [0.4, 0.5) is 11.4 Å². The zero-order chi connectivity index (χ0) is 18.1. The van der Waals surface area contributed by atoms with Gasteiger partial charge in [-0.15, -0.1) is 0 Å². The molecular formula is C19H21N3O3. The van der Waals surface area contributed by atoms with Crippen molar-refractivity contribution in [1.82, 2.24) is 4.98 Å². The van der Waals surface area contributed by atoms with Gasteiger partial charge in [0.15, 0.2) is 0 Å². The molecule has 0 amide bonds. The number of phenolic OH excluding ortho intramolecular Hbond substituents is 1. The van der Waals surface area contributed by atoms with Gasteiger partial charge < -0.3 is 30.6 Å². The average molecular weight is 339 g/mol. The van der Waals surface area contributed by atoms with Crippen molar-refractivity contribution in [2.24, 2.45) is 0 Å². The van der Waals surface area contributed by atoms with Crippen LogP contribution in [0.15, 0.2) is 48.5 Å². The molecule has 2 unspecified atom stereocenters. The van der Waals surface area contributed by atoms with Crippen molar-refractivity contribution < 1.29 is 15.2 Å². The SMILES string of the molecule is Cc1ccc(-c2[nH]c(-c3ccc(O)cc3)c([NH+](C)[O-])c2[NH+](C)[O-])cc1. The van der Waals surface area contributed by atoms with Gasteiger partial charge >= 0.3 is 0 Å². The first-order chi connectivity index (χ1) is 11.9. The van der Waals surface area contributed by atoms with E-state index in [0.717, 1.165) is 16.7 Å². The van der Waals surface area contributed by atoms with Crippen LogP contribution >= 0.6 is 0 Å². The van der Waals surface area contributed by atoms with Gasteiger partial charge in [-0.2, -0.15) is 0 Å². The average Bonchev–Trinajstić information content (AvgIpc) is 2.97. The maximum atomic E-state index is 12.3. The van der Waals surface area contributed by atoms with Crippen LogP contribution in [0.1, 0.15) is 5.56 Å². The Labute approximate surface area is 146 Å². The van der Waals surface area contributed by atoms with Gasteiger partial charge in [0.2, 0.25) is 11.4 Å². The summed E-state index contributed by atoms with van der Waals surface area (Å²) in [5, 5.41) is 33.8. The number of rotatable bonds is 4. The summed E-state index contributed by atoms with van der Waals surface area (Å²) < 4.78 is 0. The summed E-state index contributed by atoms with van der Waals surface area (Å²) in [4.78, 5) is 3.26. The standard InChI is InChI=1S/C19H21N3O3/c1-12-4-6-13(7-5-12)16-18(21(2)24)19(22(3)25)17(20-16)14-8-10-15(23)11-9-14/h4-11,20-23H,1-3H3. The molecule has 4 N–H and O–H groups in total. The van der Waals surface area contributed by atoms with Gasteiger partial charge in [-0.25, -0.2) is 0 Å². The number of quaternary nitrogens is 2. The van der Waals surface area contributed by atoms with Crippen LogP contribution in [0, 0.1) is 17.3 Å². The molecule has 0 aliphatic heterocycles. The first kappa shape index (κ1) is 17.2. The van der Waals surface area contributed by atoms with E-state index in [-0.39, 0.29) is 15.9 Å². The van der Waals surface area contributed by atoms with Crippen molar-refractivity contribution in [3.05, 3.63) is 64.5 Å². The summed E-state index contributed by atoms with van der Waals surface area (Å²) in [6.45, 7) is 1.99. The van der Waals surface area contributed by atoms with E-state index in [2.05, 4.69) is 4.98 Å². The van der Waals surface area contributed by atoms with Crippen LogP contribution in [0.5, 0.6) is 5.75 Å². The number of aromatic hydroxyl groups is 1. The summed E-state index contributed by atoms with van der Waals surface area (Å²) in [6, 6.07) is 14.3. The Kier molecular flexibility index (Phi) is 4.61. The molecule has 0 fully saturated rings. The van der Waals surface area contributed by atoms with Crippen LogP contribution in [0.2, 0.25) is 0 Å². The lowest BCUT2D eigenvalue weighted by Crippen LogP contribution is -3.04. The molecule has 0 aliphatic rings. The Morgan fingerprint density at radius 3 is 1.56 bits per heavy atom. The molecule has 25 heavy (non-hydrogen) atoms. The molecule has 6 nitrogen and oxygen atoms in total. The van der Waals surface area contributed by atoms with Gasteiger partial charge in [-0.1, -0.05) is 29.8 Å². The van der Waals surface area contributed by atoms with Crippen molar-refractivity contribution >= 4 is 11.4 Å². The summed E-state index contributed by atoms with van der Waals surface area (Å²) in [6.07, 6.45) is 0. The normalized spacial score (nSPS) is 13.6. The lowest BCUT2D eigenvalue weighted by atomic mass is 10.1. The zero-order valence-electron chi connectivity index (χ0n) is 14.4. The Bertz CT molecular complexity index is 794. The van der Waals surface area contributed by atoms with E-state index in [1.807, 2.05) is 31.2 Å². The summed E-state index contributed by atoms with van der Waals surface area (Å²) in [5.41, 5.74) is 4.72. The molecule has 3 rings (SSSR count). The maximum Gasteiger partial charge on any atom is 0.219 e. The number of nitrogens with one attached hydrogen (secondary N) is 3. The lowest BCUT2D eigenvalue weighted by molar-refractivity contribution is -0.781. The lowest BCUT2D eigenvalue weighted by Gasteiger charge is -2.22. The second-order valence-corrected chi connectivity index (χ2v) is 6.15. The molecule has 2 atom stereocenters. The number of phenols is 1. The quantitative estimate of drug-likeness (QED) is 0.545. The number of hydroxylamine groups is 2. The fraction of sp³-hybridized carbons (Fsp3) is 0.158. The van der Waals surface area contributed by atoms with Crippen molar-refractivity contribution in [2.45, 2.75) is 6.92 Å². The highest BCUT2D eigenvalue weighted by Crippen LogP contribution is 2.38. The van der Waals surface area contributed by atoms with Crippen LogP contribution in [-0.2, 0) is 0 Å². The second-order valence-electron chi connectivity index (χ2n) is 6.15. The van der Waals surface area contributed by atoms with E-state index in [9.17, 15) is 15.5 Å². The Morgan fingerprint density at radius 1 is 0.760 bits per heavy atom. The Hall–Kier alpha value is -2.64. The first-order valence-electron chi connectivity index (χ1n) is 8.02. The number of aromatic amines is 1. The van der Waals surface area contributed by atoms with Crippen LogP contribution in [0.3, 0.4) is 0 Å². The minimum Gasteiger partial charge on any atom is -0.629 e. The third-order valence-corrected chi connectivity index (χ3v) is 4.20. The van der Waals surface area contributed by atoms with Gasteiger partial charge in [0.05, 0.1) is 14.1 Å². The molecule has 0 saturated carbocycles. The molecule has 0 radical (unpaired) electrons. The third kappa shape index (κ3) is 3.29. The monoisotopic (exact) mass is 339 g/mol. The second kappa shape index (κ2) is 6.70. The number of hydrogen-bond donors (Lipinski definition) is 4. The molecule has 1 heterocycles. The zero-order valence-corrected chi connectivity index (χ0v) is 14.4. The smallest absolute Gasteiger partial charge is 0.219 e. The van der Waals surface area contributed by atoms with Gasteiger partial charge in [0, 0.05) is 11.1 Å². The molecule has 0 bridgehead atoms. The van der Waals surface area contributed by atoms with Crippen molar-refractivity contribution in [3.8, 4) is 28.3 Å². The number of H-pyrrole nitrogens is 1. The third-order valence-electron chi connectivity index (χ3n) is 4.20. The van der Waals surface area contributed by atoms with Gasteiger partial charge in [0.25, 0.3) is 0 Å². The topological polar surface area (TPSA) is 91.0 Å². The summed E-state index contributed by atoms with van der Waals surface area (Å²) in [5.74, 6) is 0.144. The van der Waals surface area contributed by atoms with Crippen LogP contribution in [0.25, 0.3) is 22.5 Å².